The Labute approximate surface area is 109 Å². The molecule has 2 rings (SSSR count). The fourth-order valence-electron chi connectivity index (χ4n) is 2.63. The summed E-state index contributed by atoms with van der Waals surface area (Å²) in [5.41, 5.74) is 7.67. The van der Waals surface area contributed by atoms with Crippen molar-refractivity contribution in [3.63, 3.8) is 0 Å². The molecule has 1 saturated carbocycles. The molecular weight excluding hydrogens is 232 g/mol. The average Bonchev–Trinajstić information content (AvgIpc) is 2.30. The largest absolute Gasteiger partial charge is 0.397 e. The van der Waals surface area contributed by atoms with Crippen LogP contribution in [0.15, 0.2) is 18.2 Å². The lowest BCUT2D eigenvalue weighted by Gasteiger charge is -2.29. The van der Waals surface area contributed by atoms with Crippen LogP contribution < -0.4 is 11.1 Å². The van der Waals surface area contributed by atoms with Crippen molar-refractivity contribution in [1.29, 1.82) is 0 Å². The van der Waals surface area contributed by atoms with E-state index < -0.39 is 0 Å². The summed E-state index contributed by atoms with van der Waals surface area (Å²) in [5.74, 6) is 1.60. The first-order chi connectivity index (χ1) is 8.16. The Morgan fingerprint density at radius 2 is 2.12 bits per heavy atom. The van der Waals surface area contributed by atoms with Crippen LogP contribution in [0.4, 0.5) is 11.4 Å². The highest BCUT2D eigenvalue weighted by molar-refractivity contribution is 6.31. The first-order valence-electron chi connectivity index (χ1n) is 6.45. The van der Waals surface area contributed by atoms with E-state index in [1.807, 2.05) is 12.1 Å². The Balaban J connectivity index is 1.92. The van der Waals surface area contributed by atoms with Crippen molar-refractivity contribution in [2.45, 2.75) is 32.6 Å². The summed E-state index contributed by atoms with van der Waals surface area (Å²) in [6.45, 7) is 3.38. The van der Waals surface area contributed by atoms with Crippen LogP contribution in [0.2, 0.25) is 5.02 Å². The van der Waals surface area contributed by atoms with Gasteiger partial charge in [0, 0.05) is 11.6 Å². The highest BCUT2D eigenvalue weighted by Crippen LogP contribution is 2.30. The highest BCUT2D eigenvalue weighted by atomic mass is 35.5. The Morgan fingerprint density at radius 3 is 2.82 bits per heavy atom. The van der Waals surface area contributed by atoms with E-state index in [1.165, 1.54) is 25.7 Å². The van der Waals surface area contributed by atoms with Crippen molar-refractivity contribution in [3.8, 4) is 0 Å². The molecular formula is C14H21ClN2. The standard InChI is InChI=1S/C14H21ClN2/c1-10-4-2-3-5-11(10)9-17-14-7-6-12(15)8-13(14)16/h6-8,10-11,17H,2-5,9,16H2,1H3. The Kier molecular flexibility index (Phi) is 4.16. The van der Waals surface area contributed by atoms with Gasteiger partial charge in [-0.25, -0.2) is 0 Å². The summed E-state index contributed by atoms with van der Waals surface area (Å²) < 4.78 is 0. The number of nitrogen functional groups attached to an aromatic ring is 1. The summed E-state index contributed by atoms with van der Waals surface area (Å²) in [6, 6.07) is 5.64. The highest BCUT2D eigenvalue weighted by Gasteiger charge is 2.20. The molecule has 1 aliphatic carbocycles. The lowest BCUT2D eigenvalue weighted by molar-refractivity contribution is 0.268. The van der Waals surface area contributed by atoms with Gasteiger partial charge in [0.25, 0.3) is 0 Å². The summed E-state index contributed by atoms with van der Waals surface area (Å²) in [5, 5.41) is 4.15. The number of nitrogens with one attached hydrogen (secondary N) is 1. The molecule has 0 bridgehead atoms. The van der Waals surface area contributed by atoms with Crippen molar-refractivity contribution in [3.05, 3.63) is 23.2 Å². The van der Waals surface area contributed by atoms with Crippen LogP contribution in [0.25, 0.3) is 0 Å². The normalized spacial score (nSPS) is 24.6. The van der Waals surface area contributed by atoms with Crippen LogP contribution >= 0.6 is 11.6 Å². The van der Waals surface area contributed by atoms with E-state index in [4.69, 9.17) is 17.3 Å². The Bertz CT molecular complexity index is 378. The number of anilines is 2. The molecule has 0 saturated heterocycles. The molecule has 1 aliphatic rings. The van der Waals surface area contributed by atoms with Gasteiger partial charge in [0.2, 0.25) is 0 Å². The molecule has 1 fully saturated rings. The molecule has 0 radical (unpaired) electrons. The van der Waals surface area contributed by atoms with Gasteiger partial charge in [0.05, 0.1) is 11.4 Å². The third-order valence-corrected chi connectivity index (χ3v) is 4.09. The summed E-state index contributed by atoms with van der Waals surface area (Å²) in [6.07, 6.45) is 5.46. The molecule has 3 N–H and O–H groups in total. The SMILES string of the molecule is CC1CCCCC1CNc1ccc(Cl)cc1N. The molecule has 2 atom stereocenters. The predicted octanol–water partition coefficient (Wildman–Crippen LogP) is 4.16. The molecule has 1 aromatic rings. The van der Waals surface area contributed by atoms with Crippen LogP contribution in [0.3, 0.4) is 0 Å². The van der Waals surface area contributed by atoms with Crippen molar-refractivity contribution in [2.24, 2.45) is 11.8 Å². The van der Waals surface area contributed by atoms with E-state index in [0.29, 0.717) is 5.02 Å². The number of rotatable bonds is 3. The van der Waals surface area contributed by atoms with E-state index in [2.05, 4.69) is 12.2 Å². The van der Waals surface area contributed by atoms with Gasteiger partial charge in [-0.05, 0) is 36.5 Å². The van der Waals surface area contributed by atoms with Crippen LogP contribution in [0.5, 0.6) is 0 Å². The van der Waals surface area contributed by atoms with Crippen molar-refractivity contribution in [2.75, 3.05) is 17.6 Å². The van der Waals surface area contributed by atoms with Gasteiger partial charge in [-0.15, -0.1) is 0 Å². The first kappa shape index (κ1) is 12.6. The van der Waals surface area contributed by atoms with Gasteiger partial charge in [-0.1, -0.05) is 37.8 Å². The fourth-order valence-corrected chi connectivity index (χ4v) is 2.81. The zero-order chi connectivity index (χ0) is 12.3. The van der Waals surface area contributed by atoms with E-state index in [9.17, 15) is 0 Å². The number of hydrogen-bond donors (Lipinski definition) is 2. The van der Waals surface area contributed by atoms with Gasteiger partial charge < -0.3 is 11.1 Å². The number of nitrogens with two attached hydrogens (primary N) is 1. The van der Waals surface area contributed by atoms with Crippen LogP contribution in [0.1, 0.15) is 32.6 Å². The smallest absolute Gasteiger partial charge is 0.0575 e. The minimum Gasteiger partial charge on any atom is -0.397 e. The molecule has 1 aromatic carbocycles. The van der Waals surface area contributed by atoms with E-state index >= 15 is 0 Å². The minimum absolute atomic E-state index is 0.694. The van der Waals surface area contributed by atoms with Gasteiger partial charge in [-0.3, -0.25) is 0 Å². The Morgan fingerprint density at radius 1 is 1.35 bits per heavy atom. The van der Waals surface area contributed by atoms with E-state index in [1.54, 1.807) is 6.07 Å². The lowest BCUT2D eigenvalue weighted by Crippen LogP contribution is -2.24. The Hall–Kier alpha value is -0.890. The maximum atomic E-state index is 5.92. The molecule has 0 aliphatic heterocycles. The molecule has 0 aromatic heterocycles. The van der Waals surface area contributed by atoms with Gasteiger partial charge >= 0.3 is 0 Å². The molecule has 0 heterocycles. The molecule has 94 valence electrons. The second-order valence-electron chi connectivity index (χ2n) is 5.13. The first-order valence-corrected chi connectivity index (χ1v) is 6.83. The fraction of sp³-hybridized carbons (Fsp3) is 0.571. The molecule has 17 heavy (non-hydrogen) atoms. The molecule has 2 nitrogen and oxygen atoms in total. The van der Waals surface area contributed by atoms with Crippen LogP contribution in [-0.2, 0) is 0 Å². The third-order valence-electron chi connectivity index (χ3n) is 3.86. The van der Waals surface area contributed by atoms with Gasteiger partial charge in [-0.2, -0.15) is 0 Å². The maximum Gasteiger partial charge on any atom is 0.0575 e. The summed E-state index contributed by atoms with van der Waals surface area (Å²) >= 11 is 5.88. The minimum atomic E-state index is 0.694. The average molecular weight is 253 g/mol. The second kappa shape index (κ2) is 5.63. The van der Waals surface area contributed by atoms with Crippen molar-refractivity contribution >= 4 is 23.0 Å². The zero-order valence-corrected chi connectivity index (χ0v) is 11.1. The summed E-state index contributed by atoms with van der Waals surface area (Å²) in [4.78, 5) is 0. The van der Waals surface area contributed by atoms with Gasteiger partial charge in [0.1, 0.15) is 0 Å². The number of hydrogen-bond acceptors (Lipinski definition) is 2. The van der Waals surface area contributed by atoms with Crippen molar-refractivity contribution in [1.82, 2.24) is 0 Å². The molecule has 2 unspecified atom stereocenters. The second-order valence-corrected chi connectivity index (χ2v) is 5.57. The maximum absolute atomic E-state index is 5.92. The van der Waals surface area contributed by atoms with E-state index in [0.717, 1.165) is 29.8 Å². The number of halogens is 1. The van der Waals surface area contributed by atoms with Gasteiger partial charge in [0.15, 0.2) is 0 Å². The monoisotopic (exact) mass is 252 g/mol. The third kappa shape index (κ3) is 3.29. The number of benzene rings is 1. The molecule has 0 amide bonds. The van der Waals surface area contributed by atoms with Crippen LogP contribution in [0, 0.1) is 11.8 Å². The quantitative estimate of drug-likeness (QED) is 0.793. The lowest BCUT2D eigenvalue weighted by atomic mass is 9.80. The molecule has 3 heteroatoms. The summed E-state index contributed by atoms with van der Waals surface area (Å²) in [7, 11) is 0. The topological polar surface area (TPSA) is 38.0 Å². The molecule has 0 spiro atoms. The predicted molar refractivity (Wildman–Crippen MR) is 75.5 cm³/mol. The van der Waals surface area contributed by atoms with E-state index in [-0.39, 0.29) is 0 Å². The van der Waals surface area contributed by atoms with Crippen LogP contribution in [-0.4, -0.2) is 6.54 Å². The van der Waals surface area contributed by atoms with Crippen molar-refractivity contribution < 1.29 is 0 Å². The zero-order valence-electron chi connectivity index (χ0n) is 10.4.